The maximum absolute atomic E-state index is 9.59. The molecule has 0 amide bonds. The fraction of sp³-hybridized carbons (Fsp3) is 0.471. The number of aromatic nitrogens is 1. The number of para-hydroxylation sites is 1. The summed E-state index contributed by atoms with van der Waals surface area (Å²) in [7, 11) is 0. The first-order valence-corrected chi connectivity index (χ1v) is 7.80. The van der Waals surface area contributed by atoms with Gasteiger partial charge in [0.2, 0.25) is 0 Å². The summed E-state index contributed by atoms with van der Waals surface area (Å²) >= 11 is 0. The zero-order valence-corrected chi connectivity index (χ0v) is 12.5. The third-order valence-electron chi connectivity index (χ3n) is 4.21. The van der Waals surface area contributed by atoms with E-state index in [0.29, 0.717) is 0 Å². The minimum Gasteiger partial charge on any atom is -0.394 e. The molecular weight excluding hydrogens is 262 g/mol. The molecule has 1 aliphatic rings. The Morgan fingerprint density at radius 2 is 2.24 bits per heavy atom. The van der Waals surface area contributed by atoms with Gasteiger partial charge in [-0.15, -0.1) is 0 Å². The molecule has 3 rings (SSSR count). The summed E-state index contributed by atoms with van der Waals surface area (Å²) in [6, 6.07) is 10.7. The van der Waals surface area contributed by atoms with Crippen LogP contribution in [0, 0.1) is 0 Å². The van der Waals surface area contributed by atoms with Crippen LogP contribution >= 0.6 is 0 Å². The topological polar surface area (TPSA) is 48.4 Å². The fourth-order valence-electron chi connectivity index (χ4n) is 3.09. The van der Waals surface area contributed by atoms with Gasteiger partial charge in [0.1, 0.15) is 5.82 Å². The Kier molecular flexibility index (Phi) is 4.36. The number of rotatable bonds is 5. The van der Waals surface area contributed by atoms with Crippen molar-refractivity contribution in [2.45, 2.75) is 32.4 Å². The summed E-state index contributed by atoms with van der Waals surface area (Å²) in [5.74, 6) is 1.03. The highest BCUT2D eigenvalue weighted by molar-refractivity contribution is 5.82. The van der Waals surface area contributed by atoms with Crippen LogP contribution in [0.1, 0.15) is 25.3 Å². The average molecular weight is 285 g/mol. The quantitative estimate of drug-likeness (QED) is 0.885. The van der Waals surface area contributed by atoms with E-state index in [1.54, 1.807) is 0 Å². The Morgan fingerprint density at radius 3 is 3.05 bits per heavy atom. The van der Waals surface area contributed by atoms with Crippen molar-refractivity contribution in [3.8, 4) is 0 Å². The minimum absolute atomic E-state index is 0.204. The number of aliphatic hydroxyl groups excluding tert-OH is 1. The highest BCUT2D eigenvalue weighted by Crippen LogP contribution is 2.29. The van der Waals surface area contributed by atoms with Gasteiger partial charge < -0.3 is 15.3 Å². The molecule has 1 aliphatic heterocycles. The van der Waals surface area contributed by atoms with Gasteiger partial charge in [0, 0.05) is 24.0 Å². The smallest absolute Gasteiger partial charge is 0.134 e. The van der Waals surface area contributed by atoms with Crippen LogP contribution in [-0.2, 0) is 6.54 Å². The first-order chi connectivity index (χ1) is 10.3. The van der Waals surface area contributed by atoms with Gasteiger partial charge in [-0.2, -0.15) is 0 Å². The highest BCUT2D eigenvalue weighted by Gasteiger charge is 2.26. The molecule has 2 heterocycles. The van der Waals surface area contributed by atoms with Gasteiger partial charge in [0.05, 0.1) is 18.2 Å². The van der Waals surface area contributed by atoms with Crippen molar-refractivity contribution in [3.63, 3.8) is 0 Å². The van der Waals surface area contributed by atoms with E-state index in [1.807, 2.05) is 12.1 Å². The lowest BCUT2D eigenvalue weighted by molar-refractivity contribution is 0.266. The molecule has 4 heteroatoms. The molecular formula is C17H23N3O. The summed E-state index contributed by atoms with van der Waals surface area (Å²) in [4.78, 5) is 7.16. The van der Waals surface area contributed by atoms with E-state index < -0.39 is 0 Å². The molecule has 0 aliphatic carbocycles. The van der Waals surface area contributed by atoms with E-state index in [0.717, 1.165) is 43.8 Å². The number of fused-ring (bicyclic) bond motifs is 1. The maximum Gasteiger partial charge on any atom is 0.134 e. The zero-order valence-electron chi connectivity index (χ0n) is 12.5. The lowest BCUT2D eigenvalue weighted by Crippen LogP contribution is -2.34. The molecule has 4 nitrogen and oxygen atoms in total. The minimum atomic E-state index is 0.204. The van der Waals surface area contributed by atoms with Crippen molar-refractivity contribution in [2.75, 3.05) is 24.6 Å². The molecule has 1 aromatic carbocycles. The first-order valence-electron chi connectivity index (χ1n) is 7.80. The number of hydrogen-bond acceptors (Lipinski definition) is 4. The van der Waals surface area contributed by atoms with E-state index in [1.165, 1.54) is 10.9 Å². The van der Waals surface area contributed by atoms with Gasteiger partial charge in [0.15, 0.2) is 0 Å². The predicted molar refractivity (Wildman–Crippen MR) is 86.6 cm³/mol. The molecule has 1 unspecified atom stereocenters. The monoisotopic (exact) mass is 285 g/mol. The number of pyridine rings is 1. The molecule has 21 heavy (non-hydrogen) atoms. The molecule has 112 valence electrons. The van der Waals surface area contributed by atoms with Crippen molar-refractivity contribution in [3.05, 3.63) is 35.9 Å². The second kappa shape index (κ2) is 6.41. The lowest BCUT2D eigenvalue weighted by atomic mass is 10.1. The second-order valence-electron chi connectivity index (χ2n) is 5.62. The van der Waals surface area contributed by atoms with E-state index in [9.17, 15) is 5.11 Å². The number of aliphatic hydroxyl groups is 1. The van der Waals surface area contributed by atoms with Crippen LogP contribution in [-0.4, -0.2) is 35.8 Å². The third kappa shape index (κ3) is 2.87. The largest absolute Gasteiger partial charge is 0.394 e. The Bertz CT molecular complexity index is 614. The van der Waals surface area contributed by atoms with Gasteiger partial charge in [-0.25, -0.2) is 4.98 Å². The van der Waals surface area contributed by atoms with E-state index in [4.69, 9.17) is 4.98 Å². The van der Waals surface area contributed by atoms with Crippen LogP contribution in [0.2, 0.25) is 0 Å². The van der Waals surface area contributed by atoms with Crippen molar-refractivity contribution in [1.82, 2.24) is 10.3 Å². The van der Waals surface area contributed by atoms with Crippen LogP contribution in [0.3, 0.4) is 0 Å². The van der Waals surface area contributed by atoms with Gasteiger partial charge in [-0.05, 0) is 31.5 Å². The zero-order chi connectivity index (χ0) is 14.7. The number of benzene rings is 1. The van der Waals surface area contributed by atoms with Crippen LogP contribution < -0.4 is 10.2 Å². The van der Waals surface area contributed by atoms with Crippen LogP contribution in [0.5, 0.6) is 0 Å². The van der Waals surface area contributed by atoms with Crippen molar-refractivity contribution >= 4 is 16.7 Å². The molecule has 2 aromatic rings. The number of nitrogens with one attached hydrogen (secondary N) is 1. The standard InChI is InChI=1S/C17H23N3O/c1-2-18-11-14-10-13-6-3-4-8-16(13)19-17(14)20-9-5-7-15(20)12-21/h3-4,6,8,10,15,18,21H,2,5,7,9,11-12H2,1H3. The highest BCUT2D eigenvalue weighted by atomic mass is 16.3. The molecule has 1 atom stereocenters. The average Bonchev–Trinajstić information content (AvgIpc) is 3.00. The van der Waals surface area contributed by atoms with Crippen molar-refractivity contribution in [2.24, 2.45) is 0 Å². The predicted octanol–water partition coefficient (Wildman–Crippen LogP) is 2.31. The number of hydrogen-bond donors (Lipinski definition) is 2. The molecule has 2 N–H and O–H groups in total. The summed E-state index contributed by atoms with van der Waals surface area (Å²) in [6.45, 7) is 5.05. The van der Waals surface area contributed by atoms with E-state index in [2.05, 4.69) is 35.3 Å². The van der Waals surface area contributed by atoms with Crippen molar-refractivity contribution in [1.29, 1.82) is 0 Å². The third-order valence-corrected chi connectivity index (χ3v) is 4.21. The Hall–Kier alpha value is -1.65. The molecule has 0 saturated carbocycles. The maximum atomic E-state index is 9.59. The summed E-state index contributed by atoms with van der Waals surface area (Å²) in [6.07, 6.45) is 2.17. The SMILES string of the molecule is CCNCc1cc2ccccc2nc1N1CCCC1CO. The molecule has 0 radical (unpaired) electrons. The Labute approximate surface area is 125 Å². The van der Waals surface area contributed by atoms with Gasteiger partial charge in [-0.1, -0.05) is 25.1 Å². The number of anilines is 1. The molecule has 0 bridgehead atoms. The molecule has 1 fully saturated rings. The Balaban J connectivity index is 2.04. The molecule has 1 aromatic heterocycles. The van der Waals surface area contributed by atoms with E-state index >= 15 is 0 Å². The van der Waals surface area contributed by atoms with Gasteiger partial charge in [-0.3, -0.25) is 0 Å². The molecule has 1 saturated heterocycles. The van der Waals surface area contributed by atoms with Crippen molar-refractivity contribution < 1.29 is 5.11 Å². The number of nitrogens with zero attached hydrogens (tertiary/aromatic N) is 2. The lowest BCUT2D eigenvalue weighted by Gasteiger charge is -2.27. The first kappa shape index (κ1) is 14.3. The van der Waals surface area contributed by atoms with Crippen LogP contribution in [0.4, 0.5) is 5.82 Å². The normalized spacial score (nSPS) is 18.6. The summed E-state index contributed by atoms with van der Waals surface area (Å²) < 4.78 is 0. The van der Waals surface area contributed by atoms with Gasteiger partial charge in [0.25, 0.3) is 0 Å². The summed E-state index contributed by atoms with van der Waals surface area (Å²) in [5, 5.41) is 14.2. The van der Waals surface area contributed by atoms with Gasteiger partial charge >= 0.3 is 0 Å². The summed E-state index contributed by atoms with van der Waals surface area (Å²) in [5.41, 5.74) is 2.24. The van der Waals surface area contributed by atoms with Crippen LogP contribution in [0.15, 0.2) is 30.3 Å². The fourth-order valence-corrected chi connectivity index (χ4v) is 3.09. The second-order valence-corrected chi connectivity index (χ2v) is 5.62. The van der Waals surface area contributed by atoms with Crippen LogP contribution in [0.25, 0.3) is 10.9 Å². The molecule has 0 spiro atoms. The Morgan fingerprint density at radius 1 is 1.38 bits per heavy atom. The van der Waals surface area contributed by atoms with E-state index in [-0.39, 0.29) is 12.6 Å².